The summed E-state index contributed by atoms with van der Waals surface area (Å²) in [6, 6.07) is 6.38. The predicted octanol–water partition coefficient (Wildman–Crippen LogP) is 3.18. The van der Waals surface area contributed by atoms with Crippen molar-refractivity contribution in [2.45, 2.75) is 31.2 Å². The minimum absolute atomic E-state index is 0. The molecule has 0 radical (unpaired) electrons. The van der Waals surface area contributed by atoms with Crippen molar-refractivity contribution in [1.82, 2.24) is 0 Å². The van der Waals surface area contributed by atoms with Gasteiger partial charge in [0, 0.05) is 0 Å². The standard InChI is InChI=1S/C11H14ClN.ClH/c12-11(13)10-6-5-8-3-1-2-4-9(8)7-10;/h5-7,11H,1-4,13H2;1H. The second kappa shape index (κ2) is 5.01. The van der Waals surface area contributed by atoms with Crippen LogP contribution in [0.15, 0.2) is 18.2 Å². The van der Waals surface area contributed by atoms with Crippen LogP contribution in [0, 0.1) is 0 Å². The predicted molar refractivity (Wildman–Crippen MR) is 63.1 cm³/mol. The van der Waals surface area contributed by atoms with Crippen molar-refractivity contribution < 1.29 is 0 Å². The van der Waals surface area contributed by atoms with E-state index >= 15 is 0 Å². The van der Waals surface area contributed by atoms with E-state index in [1.165, 1.54) is 36.8 Å². The molecule has 0 spiro atoms. The van der Waals surface area contributed by atoms with E-state index in [-0.39, 0.29) is 17.9 Å². The zero-order chi connectivity index (χ0) is 9.26. The minimum Gasteiger partial charge on any atom is -0.312 e. The van der Waals surface area contributed by atoms with E-state index in [1.807, 2.05) is 6.07 Å². The maximum atomic E-state index is 5.82. The first-order valence-corrected chi connectivity index (χ1v) is 5.22. The summed E-state index contributed by atoms with van der Waals surface area (Å²) in [5, 5.41) is 0. The molecule has 1 atom stereocenters. The zero-order valence-corrected chi connectivity index (χ0v) is 9.57. The Labute approximate surface area is 96.0 Å². The van der Waals surface area contributed by atoms with Gasteiger partial charge in [-0.1, -0.05) is 18.2 Å². The molecular formula is C11H15Cl2N. The molecule has 14 heavy (non-hydrogen) atoms. The fraction of sp³-hybridized carbons (Fsp3) is 0.455. The topological polar surface area (TPSA) is 26.0 Å². The van der Waals surface area contributed by atoms with Gasteiger partial charge >= 0.3 is 0 Å². The number of alkyl halides is 1. The van der Waals surface area contributed by atoms with Crippen molar-refractivity contribution >= 4 is 24.0 Å². The van der Waals surface area contributed by atoms with E-state index in [0.717, 1.165) is 5.56 Å². The Balaban J connectivity index is 0.000000980. The van der Waals surface area contributed by atoms with Crippen LogP contribution >= 0.6 is 24.0 Å². The molecule has 3 heteroatoms. The molecule has 1 aromatic carbocycles. The van der Waals surface area contributed by atoms with E-state index in [2.05, 4.69) is 12.1 Å². The van der Waals surface area contributed by atoms with Gasteiger partial charge in [0.25, 0.3) is 0 Å². The maximum absolute atomic E-state index is 5.82. The van der Waals surface area contributed by atoms with E-state index in [0.29, 0.717) is 0 Å². The van der Waals surface area contributed by atoms with Crippen molar-refractivity contribution in [3.8, 4) is 0 Å². The first-order chi connectivity index (χ1) is 6.27. The average molecular weight is 232 g/mol. The van der Waals surface area contributed by atoms with Gasteiger partial charge in [0.1, 0.15) is 5.50 Å². The van der Waals surface area contributed by atoms with Crippen LogP contribution in [-0.2, 0) is 12.8 Å². The lowest BCUT2D eigenvalue weighted by Crippen LogP contribution is -2.07. The fourth-order valence-electron chi connectivity index (χ4n) is 1.92. The lowest BCUT2D eigenvalue weighted by Gasteiger charge is -2.17. The highest BCUT2D eigenvalue weighted by molar-refractivity contribution is 6.20. The highest BCUT2D eigenvalue weighted by Crippen LogP contribution is 2.25. The molecule has 0 aromatic heterocycles. The molecule has 2 rings (SSSR count). The van der Waals surface area contributed by atoms with Crippen LogP contribution in [0.5, 0.6) is 0 Å². The highest BCUT2D eigenvalue weighted by atomic mass is 35.5. The number of aryl methyl sites for hydroxylation is 2. The first kappa shape index (κ1) is 11.8. The number of benzene rings is 1. The lowest BCUT2D eigenvalue weighted by molar-refractivity contribution is 0.684. The zero-order valence-electron chi connectivity index (χ0n) is 8.00. The van der Waals surface area contributed by atoms with Gasteiger partial charge in [-0.15, -0.1) is 24.0 Å². The first-order valence-electron chi connectivity index (χ1n) is 4.79. The minimum atomic E-state index is -0.354. The summed E-state index contributed by atoms with van der Waals surface area (Å²) in [5.74, 6) is 0. The molecule has 0 saturated heterocycles. The quantitative estimate of drug-likeness (QED) is 0.584. The number of hydrogen-bond acceptors (Lipinski definition) is 1. The van der Waals surface area contributed by atoms with Crippen LogP contribution in [-0.4, -0.2) is 0 Å². The number of fused-ring (bicyclic) bond motifs is 1. The smallest absolute Gasteiger partial charge is 0.106 e. The third-order valence-electron chi connectivity index (χ3n) is 2.69. The number of halogens is 2. The normalized spacial score (nSPS) is 16.7. The molecule has 1 nitrogen and oxygen atoms in total. The van der Waals surface area contributed by atoms with Crippen molar-refractivity contribution in [3.63, 3.8) is 0 Å². The summed E-state index contributed by atoms with van der Waals surface area (Å²) in [4.78, 5) is 0. The van der Waals surface area contributed by atoms with Gasteiger partial charge in [0.15, 0.2) is 0 Å². The average Bonchev–Trinajstić information content (AvgIpc) is 2.17. The van der Waals surface area contributed by atoms with Crippen molar-refractivity contribution in [1.29, 1.82) is 0 Å². The Hall–Kier alpha value is -0.240. The molecule has 0 heterocycles. The van der Waals surface area contributed by atoms with E-state index in [1.54, 1.807) is 0 Å². The van der Waals surface area contributed by atoms with E-state index < -0.39 is 0 Å². The second-order valence-corrected chi connectivity index (χ2v) is 4.11. The third kappa shape index (κ3) is 2.41. The number of nitrogens with two attached hydrogens (primary N) is 1. The fourth-order valence-corrected chi connectivity index (χ4v) is 2.06. The van der Waals surface area contributed by atoms with Gasteiger partial charge < -0.3 is 5.73 Å². The van der Waals surface area contributed by atoms with Crippen molar-refractivity contribution in [3.05, 3.63) is 34.9 Å². The molecule has 1 aromatic rings. The summed E-state index contributed by atoms with van der Waals surface area (Å²) in [5.41, 5.74) is 9.22. The largest absolute Gasteiger partial charge is 0.312 e. The van der Waals surface area contributed by atoms with Crippen LogP contribution in [0.25, 0.3) is 0 Å². The van der Waals surface area contributed by atoms with Gasteiger partial charge in [-0.05, 0) is 42.4 Å². The van der Waals surface area contributed by atoms with Crippen molar-refractivity contribution in [2.24, 2.45) is 5.73 Å². The van der Waals surface area contributed by atoms with Crippen LogP contribution in [0.1, 0.15) is 35.0 Å². The monoisotopic (exact) mass is 231 g/mol. The Bertz CT molecular complexity index is 310. The molecule has 0 bridgehead atoms. The molecular weight excluding hydrogens is 217 g/mol. The maximum Gasteiger partial charge on any atom is 0.106 e. The third-order valence-corrected chi connectivity index (χ3v) is 2.94. The summed E-state index contributed by atoms with van der Waals surface area (Å²) < 4.78 is 0. The van der Waals surface area contributed by atoms with Gasteiger partial charge in [-0.3, -0.25) is 0 Å². The van der Waals surface area contributed by atoms with Crippen LogP contribution in [0.4, 0.5) is 0 Å². The molecule has 0 saturated carbocycles. The molecule has 0 fully saturated rings. The Kier molecular flexibility index (Phi) is 4.24. The SMILES string of the molecule is Cl.NC(Cl)c1ccc2c(c1)CCCC2. The molecule has 1 aliphatic carbocycles. The highest BCUT2D eigenvalue weighted by Gasteiger charge is 2.10. The second-order valence-electron chi connectivity index (χ2n) is 3.64. The summed E-state index contributed by atoms with van der Waals surface area (Å²) in [6.45, 7) is 0. The van der Waals surface area contributed by atoms with Crippen LogP contribution in [0.2, 0.25) is 0 Å². The van der Waals surface area contributed by atoms with Crippen LogP contribution < -0.4 is 5.73 Å². The Morgan fingerprint density at radius 2 is 1.79 bits per heavy atom. The van der Waals surface area contributed by atoms with Gasteiger partial charge in [-0.2, -0.15) is 0 Å². The molecule has 78 valence electrons. The molecule has 1 aliphatic rings. The number of hydrogen-bond donors (Lipinski definition) is 1. The summed E-state index contributed by atoms with van der Waals surface area (Å²) in [7, 11) is 0. The molecule has 0 aliphatic heterocycles. The van der Waals surface area contributed by atoms with Crippen molar-refractivity contribution in [2.75, 3.05) is 0 Å². The molecule has 2 N–H and O–H groups in total. The van der Waals surface area contributed by atoms with Gasteiger partial charge in [-0.25, -0.2) is 0 Å². The summed E-state index contributed by atoms with van der Waals surface area (Å²) in [6.07, 6.45) is 5.02. The molecule has 1 unspecified atom stereocenters. The molecule has 0 amide bonds. The number of rotatable bonds is 1. The Morgan fingerprint density at radius 1 is 1.14 bits per heavy atom. The van der Waals surface area contributed by atoms with Gasteiger partial charge in [0.05, 0.1) is 0 Å². The van der Waals surface area contributed by atoms with Gasteiger partial charge in [0.2, 0.25) is 0 Å². The van der Waals surface area contributed by atoms with Crippen LogP contribution in [0.3, 0.4) is 0 Å². The summed E-state index contributed by atoms with van der Waals surface area (Å²) >= 11 is 5.82. The lowest BCUT2D eigenvalue weighted by atomic mass is 9.90. The van der Waals surface area contributed by atoms with E-state index in [4.69, 9.17) is 17.3 Å². The Morgan fingerprint density at radius 3 is 2.43 bits per heavy atom. The van der Waals surface area contributed by atoms with E-state index in [9.17, 15) is 0 Å².